The van der Waals surface area contributed by atoms with Gasteiger partial charge in [0, 0.05) is 5.92 Å². The zero-order chi connectivity index (χ0) is 13.4. The Hall–Kier alpha value is -1.31. The van der Waals surface area contributed by atoms with Gasteiger partial charge in [-0.3, -0.25) is 0 Å². The highest BCUT2D eigenvalue weighted by atomic mass is 16.3. The third kappa shape index (κ3) is 3.59. The van der Waals surface area contributed by atoms with E-state index in [4.69, 9.17) is 4.42 Å². The summed E-state index contributed by atoms with van der Waals surface area (Å²) >= 11 is 0. The summed E-state index contributed by atoms with van der Waals surface area (Å²) in [5.74, 6) is 1.41. The summed E-state index contributed by atoms with van der Waals surface area (Å²) in [5, 5.41) is 0. The summed E-state index contributed by atoms with van der Waals surface area (Å²) in [6, 6.07) is 7.99. The molecule has 2 rings (SSSR count). The zero-order valence-electron chi connectivity index (χ0n) is 12.1. The first-order chi connectivity index (χ1) is 8.85. The van der Waals surface area contributed by atoms with Gasteiger partial charge >= 0.3 is 0 Å². The van der Waals surface area contributed by atoms with Crippen molar-refractivity contribution in [2.75, 3.05) is 0 Å². The lowest BCUT2D eigenvalue weighted by molar-refractivity contribution is 0.428. The Morgan fingerprint density at radius 2 is 1.67 bits per heavy atom. The fourth-order valence-electron chi connectivity index (χ4n) is 2.15. The molecule has 1 heterocycles. The van der Waals surface area contributed by atoms with Crippen LogP contribution in [0.4, 0.5) is 0 Å². The molecule has 0 amide bonds. The first kappa shape index (κ1) is 14.7. The van der Waals surface area contributed by atoms with E-state index < -0.39 is 0 Å². The van der Waals surface area contributed by atoms with Crippen LogP contribution in [-0.4, -0.2) is 4.98 Å². The molecule has 0 aliphatic heterocycles. The summed E-state index contributed by atoms with van der Waals surface area (Å²) in [7, 11) is 0. The maximum Gasteiger partial charge on any atom is 0.198 e. The highest BCUT2D eigenvalue weighted by Crippen LogP contribution is 2.28. The van der Waals surface area contributed by atoms with Gasteiger partial charge < -0.3 is 4.42 Å². The number of rotatable bonds is 5. The van der Waals surface area contributed by atoms with Crippen molar-refractivity contribution in [2.24, 2.45) is 0 Å². The molecule has 18 heavy (non-hydrogen) atoms. The molecule has 0 aliphatic carbocycles. The molecule has 0 aliphatic rings. The lowest BCUT2D eigenvalue weighted by Crippen LogP contribution is -1.98. The van der Waals surface area contributed by atoms with Crippen LogP contribution in [0.15, 0.2) is 28.7 Å². The smallest absolute Gasteiger partial charge is 0.198 e. The van der Waals surface area contributed by atoms with Gasteiger partial charge in [-0.2, -0.15) is 0 Å². The minimum atomic E-state index is 0.488. The molecule has 2 heteroatoms. The lowest BCUT2D eigenvalue weighted by atomic mass is 9.98. The summed E-state index contributed by atoms with van der Waals surface area (Å²) in [4.78, 5) is 4.58. The molecule has 0 atom stereocenters. The number of hydrogen-bond acceptors (Lipinski definition) is 2. The minimum Gasteiger partial charge on any atom is -0.440 e. The Bertz CT molecular complexity index is 408. The minimum absolute atomic E-state index is 0.488. The second-order valence-electron chi connectivity index (χ2n) is 4.29. The third-order valence-corrected chi connectivity index (χ3v) is 2.93. The maximum absolute atomic E-state index is 5.82. The van der Waals surface area contributed by atoms with Crippen LogP contribution < -0.4 is 0 Å². The van der Waals surface area contributed by atoms with Crippen LogP contribution >= 0.6 is 0 Å². The van der Waals surface area contributed by atoms with Crippen molar-refractivity contribution in [1.82, 2.24) is 4.98 Å². The Kier molecular flexibility index (Phi) is 6.48. The van der Waals surface area contributed by atoms with Crippen molar-refractivity contribution < 1.29 is 4.42 Å². The Balaban J connectivity index is 0.000000771. The van der Waals surface area contributed by atoms with Crippen LogP contribution in [-0.2, 0) is 0 Å². The Morgan fingerprint density at radius 3 is 2.22 bits per heavy atom. The number of benzene rings is 1. The van der Waals surface area contributed by atoms with Gasteiger partial charge in [0.25, 0.3) is 0 Å². The van der Waals surface area contributed by atoms with Crippen LogP contribution in [0.3, 0.4) is 0 Å². The molecular weight excluding hydrogens is 222 g/mol. The van der Waals surface area contributed by atoms with Crippen LogP contribution in [0.1, 0.15) is 65.2 Å². The van der Waals surface area contributed by atoms with E-state index >= 15 is 0 Å². The van der Waals surface area contributed by atoms with Crippen molar-refractivity contribution in [1.29, 1.82) is 0 Å². The van der Waals surface area contributed by atoms with E-state index in [1.54, 1.807) is 0 Å². The van der Waals surface area contributed by atoms with Crippen LogP contribution in [0, 0.1) is 0 Å². The first-order valence-electron chi connectivity index (χ1n) is 7.20. The average molecular weight is 247 g/mol. The predicted octanol–water partition coefficient (Wildman–Crippen LogP) is 5.54. The van der Waals surface area contributed by atoms with Crippen molar-refractivity contribution in [2.45, 2.75) is 59.3 Å². The molecule has 100 valence electrons. The van der Waals surface area contributed by atoms with Gasteiger partial charge in [-0.05, 0) is 25.0 Å². The largest absolute Gasteiger partial charge is 0.440 e. The number of para-hydroxylation sites is 2. The van der Waals surface area contributed by atoms with Crippen molar-refractivity contribution in [3.8, 4) is 0 Å². The number of hydrogen-bond donors (Lipinski definition) is 0. The molecule has 0 saturated carbocycles. The van der Waals surface area contributed by atoms with E-state index in [-0.39, 0.29) is 0 Å². The number of aromatic nitrogens is 1. The van der Waals surface area contributed by atoms with E-state index in [2.05, 4.69) is 18.8 Å². The fraction of sp³-hybridized carbons (Fsp3) is 0.562. The number of oxazole rings is 1. The van der Waals surface area contributed by atoms with Gasteiger partial charge in [0.05, 0.1) is 0 Å². The third-order valence-electron chi connectivity index (χ3n) is 2.93. The lowest BCUT2D eigenvalue weighted by Gasteiger charge is -2.09. The summed E-state index contributed by atoms with van der Waals surface area (Å²) in [6.45, 7) is 8.43. The molecule has 2 nitrogen and oxygen atoms in total. The Morgan fingerprint density at radius 1 is 1.06 bits per heavy atom. The van der Waals surface area contributed by atoms with E-state index in [0.717, 1.165) is 17.0 Å². The standard InChI is InChI=1S/C14H19NO.C2H6/c1-3-7-11(8-4-2)14-15-12-9-5-6-10-13(12)16-14;1-2/h5-6,9-11H,3-4,7-8H2,1-2H3;1-2H3. The van der Waals surface area contributed by atoms with E-state index in [0.29, 0.717) is 5.92 Å². The zero-order valence-corrected chi connectivity index (χ0v) is 12.1. The molecule has 2 aromatic rings. The van der Waals surface area contributed by atoms with Crippen molar-refractivity contribution in [3.05, 3.63) is 30.2 Å². The van der Waals surface area contributed by atoms with Crippen molar-refractivity contribution in [3.63, 3.8) is 0 Å². The summed E-state index contributed by atoms with van der Waals surface area (Å²) in [6.07, 6.45) is 4.70. The van der Waals surface area contributed by atoms with Gasteiger partial charge in [0.15, 0.2) is 11.5 Å². The normalized spacial score (nSPS) is 10.5. The van der Waals surface area contributed by atoms with Gasteiger partial charge in [-0.15, -0.1) is 0 Å². The number of nitrogens with zero attached hydrogens (tertiary/aromatic N) is 1. The first-order valence-corrected chi connectivity index (χ1v) is 7.20. The van der Waals surface area contributed by atoms with Crippen molar-refractivity contribution >= 4 is 11.1 Å². The fourth-order valence-corrected chi connectivity index (χ4v) is 2.15. The SMILES string of the molecule is CC.CCCC(CCC)c1nc2ccccc2o1. The van der Waals surface area contributed by atoms with Gasteiger partial charge in [-0.25, -0.2) is 4.98 Å². The van der Waals surface area contributed by atoms with Crippen LogP contribution in [0.25, 0.3) is 11.1 Å². The predicted molar refractivity (Wildman–Crippen MR) is 77.9 cm³/mol. The highest BCUT2D eigenvalue weighted by Gasteiger charge is 2.16. The number of fused-ring (bicyclic) bond motifs is 1. The summed E-state index contributed by atoms with van der Waals surface area (Å²) in [5.41, 5.74) is 1.89. The highest BCUT2D eigenvalue weighted by molar-refractivity contribution is 5.72. The second-order valence-corrected chi connectivity index (χ2v) is 4.29. The van der Waals surface area contributed by atoms with E-state index in [1.807, 2.05) is 38.1 Å². The van der Waals surface area contributed by atoms with Gasteiger partial charge in [0.1, 0.15) is 5.52 Å². The molecule has 0 fully saturated rings. The maximum atomic E-state index is 5.82. The molecule has 0 spiro atoms. The Labute approximate surface area is 110 Å². The molecule has 0 bridgehead atoms. The van der Waals surface area contributed by atoms with Crippen LogP contribution in [0.5, 0.6) is 0 Å². The average Bonchev–Trinajstić information content (AvgIpc) is 2.84. The molecule has 0 saturated heterocycles. The monoisotopic (exact) mass is 247 g/mol. The molecule has 1 aromatic heterocycles. The molecule has 0 unspecified atom stereocenters. The molecular formula is C16H25NO. The molecule has 0 radical (unpaired) electrons. The molecule has 0 N–H and O–H groups in total. The second kappa shape index (κ2) is 7.91. The molecule has 1 aromatic carbocycles. The van der Waals surface area contributed by atoms with Gasteiger partial charge in [0.2, 0.25) is 0 Å². The van der Waals surface area contributed by atoms with E-state index in [1.165, 1.54) is 25.7 Å². The quantitative estimate of drug-likeness (QED) is 0.693. The van der Waals surface area contributed by atoms with E-state index in [9.17, 15) is 0 Å². The topological polar surface area (TPSA) is 26.0 Å². The summed E-state index contributed by atoms with van der Waals surface area (Å²) < 4.78 is 5.82. The van der Waals surface area contributed by atoms with Crippen LogP contribution in [0.2, 0.25) is 0 Å². The van der Waals surface area contributed by atoms with Gasteiger partial charge in [-0.1, -0.05) is 52.7 Å².